The van der Waals surface area contributed by atoms with Gasteiger partial charge >= 0.3 is 0 Å². The molecule has 1 N–H and O–H groups in total. The van der Waals surface area contributed by atoms with E-state index >= 15 is 0 Å². The molecule has 1 amide bonds. The van der Waals surface area contributed by atoms with Crippen LogP contribution in [0.1, 0.15) is 17.3 Å². The van der Waals surface area contributed by atoms with Gasteiger partial charge in [-0.05, 0) is 55.5 Å². The van der Waals surface area contributed by atoms with Crippen molar-refractivity contribution in [3.8, 4) is 0 Å². The lowest BCUT2D eigenvalue weighted by molar-refractivity contribution is 0.0102. The van der Waals surface area contributed by atoms with E-state index in [4.69, 9.17) is 4.74 Å². The lowest BCUT2D eigenvalue weighted by atomic mass is 10.2. The van der Waals surface area contributed by atoms with E-state index in [9.17, 15) is 17.6 Å². The summed E-state index contributed by atoms with van der Waals surface area (Å²) in [5, 5.41) is 2.63. The van der Waals surface area contributed by atoms with Gasteiger partial charge in [0.15, 0.2) is 0 Å². The molecule has 3 rings (SSSR count). The molecule has 8 heteroatoms. The molecule has 1 aliphatic heterocycles. The zero-order valence-electron chi connectivity index (χ0n) is 14.2. The highest BCUT2D eigenvalue weighted by molar-refractivity contribution is 7.89. The van der Waals surface area contributed by atoms with Crippen molar-refractivity contribution >= 4 is 21.6 Å². The van der Waals surface area contributed by atoms with Crippen LogP contribution < -0.4 is 5.32 Å². The predicted octanol–water partition coefficient (Wildman–Crippen LogP) is 2.49. The number of anilines is 1. The van der Waals surface area contributed by atoms with Crippen molar-refractivity contribution in [2.75, 3.05) is 25.0 Å². The lowest BCUT2D eigenvalue weighted by Gasteiger charge is -2.30. The molecule has 138 valence electrons. The Morgan fingerprint density at radius 3 is 2.42 bits per heavy atom. The van der Waals surface area contributed by atoms with E-state index in [0.29, 0.717) is 30.9 Å². The number of hydrogen-bond donors (Lipinski definition) is 1. The molecule has 0 spiro atoms. The maximum Gasteiger partial charge on any atom is 0.255 e. The van der Waals surface area contributed by atoms with E-state index in [1.54, 1.807) is 0 Å². The van der Waals surface area contributed by atoms with E-state index in [2.05, 4.69) is 5.32 Å². The Morgan fingerprint density at radius 1 is 1.15 bits per heavy atom. The standard InChI is InChI=1S/C18H19FN2O4S/c1-13-12-21(10-11-25-13)26(23,24)17-8-2-14(3-9-17)18(22)20-16-6-4-15(19)5-7-16/h2-9,13H,10-12H2,1H3,(H,20,22). The van der Waals surface area contributed by atoms with Gasteiger partial charge in [0.2, 0.25) is 10.0 Å². The highest BCUT2D eigenvalue weighted by Gasteiger charge is 2.29. The first-order chi connectivity index (χ1) is 12.4. The van der Waals surface area contributed by atoms with Crippen LogP contribution in [-0.4, -0.2) is 44.4 Å². The molecule has 1 aliphatic rings. The topological polar surface area (TPSA) is 75.7 Å². The van der Waals surface area contributed by atoms with Crippen LogP contribution in [0.2, 0.25) is 0 Å². The molecule has 1 heterocycles. The number of morpholine rings is 1. The third-order valence-electron chi connectivity index (χ3n) is 4.06. The molecule has 1 unspecified atom stereocenters. The van der Waals surface area contributed by atoms with Crippen LogP contribution in [-0.2, 0) is 14.8 Å². The smallest absolute Gasteiger partial charge is 0.255 e. The highest BCUT2D eigenvalue weighted by Crippen LogP contribution is 2.20. The number of benzene rings is 2. The summed E-state index contributed by atoms with van der Waals surface area (Å²) < 4.78 is 45.0. The van der Waals surface area contributed by atoms with Crippen molar-refractivity contribution in [2.24, 2.45) is 0 Å². The van der Waals surface area contributed by atoms with E-state index in [-0.39, 0.29) is 11.0 Å². The van der Waals surface area contributed by atoms with E-state index in [1.165, 1.54) is 52.8 Å². The first-order valence-electron chi connectivity index (χ1n) is 8.15. The van der Waals surface area contributed by atoms with Gasteiger partial charge in [0, 0.05) is 24.3 Å². The summed E-state index contributed by atoms with van der Waals surface area (Å²) in [5.74, 6) is -0.796. The molecular weight excluding hydrogens is 359 g/mol. The highest BCUT2D eigenvalue weighted by atomic mass is 32.2. The normalized spacial score (nSPS) is 18.5. The van der Waals surface area contributed by atoms with Crippen LogP contribution in [0.4, 0.5) is 10.1 Å². The zero-order chi connectivity index (χ0) is 18.7. The third kappa shape index (κ3) is 4.09. The number of rotatable bonds is 4. The minimum Gasteiger partial charge on any atom is -0.376 e. The Labute approximate surface area is 151 Å². The second-order valence-corrected chi connectivity index (χ2v) is 7.97. The summed E-state index contributed by atoms with van der Waals surface area (Å²) in [6, 6.07) is 11.1. The van der Waals surface area contributed by atoms with Crippen molar-refractivity contribution in [1.82, 2.24) is 4.31 Å². The van der Waals surface area contributed by atoms with Gasteiger partial charge in [0.05, 0.1) is 17.6 Å². The summed E-state index contributed by atoms with van der Waals surface area (Å²) in [5.41, 5.74) is 0.763. The van der Waals surface area contributed by atoms with E-state index in [1.807, 2.05) is 6.92 Å². The van der Waals surface area contributed by atoms with Crippen LogP contribution in [0.5, 0.6) is 0 Å². The quantitative estimate of drug-likeness (QED) is 0.887. The van der Waals surface area contributed by atoms with Crippen LogP contribution >= 0.6 is 0 Å². The average Bonchev–Trinajstić information content (AvgIpc) is 2.64. The van der Waals surface area contributed by atoms with Crippen molar-refractivity contribution in [3.05, 3.63) is 59.9 Å². The van der Waals surface area contributed by atoms with Crippen molar-refractivity contribution in [2.45, 2.75) is 17.9 Å². The number of carbonyl (C=O) groups is 1. The Kier molecular flexibility index (Phi) is 5.36. The van der Waals surface area contributed by atoms with Crippen molar-refractivity contribution in [3.63, 3.8) is 0 Å². The molecule has 26 heavy (non-hydrogen) atoms. The molecule has 2 aromatic rings. The first-order valence-corrected chi connectivity index (χ1v) is 9.59. The molecule has 0 bridgehead atoms. The molecule has 2 aromatic carbocycles. The minimum absolute atomic E-state index is 0.130. The number of carbonyl (C=O) groups excluding carboxylic acids is 1. The van der Waals surface area contributed by atoms with Gasteiger partial charge in [0.25, 0.3) is 5.91 Å². The molecular formula is C18H19FN2O4S. The summed E-state index contributed by atoms with van der Waals surface area (Å²) in [4.78, 5) is 12.4. The monoisotopic (exact) mass is 378 g/mol. The average molecular weight is 378 g/mol. The summed E-state index contributed by atoms with van der Waals surface area (Å²) in [6.45, 7) is 2.79. The second-order valence-electron chi connectivity index (χ2n) is 6.03. The fourth-order valence-corrected chi connectivity index (χ4v) is 4.17. The first kappa shape index (κ1) is 18.5. The third-order valence-corrected chi connectivity index (χ3v) is 5.94. The molecule has 0 saturated carbocycles. The van der Waals surface area contributed by atoms with E-state index < -0.39 is 21.7 Å². The SMILES string of the molecule is CC1CN(S(=O)(=O)c2ccc(C(=O)Nc3ccc(F)cc3)cc2)CCO1. The Hall–Kier alpha value is -2.29. The van der Waals surface area contributed by atoms with Gasteiger partial charge in [-0.2, -0.15) is 4.31 Å². The Balaban J connectivity index is 1.73. The lowest BCUT2D eigenvalue weighted by Crippen LogP contribution is -2.44. The number of nitrogens with one attached hydrogen (secondary N) is 1. The molecule has 0 aromatic heterocycles. The van der Waals surface area contributed by atoms with Gasteiger partial charge < -0.3 is 10.1 Å². The molecule has 0 radical (unpaired) electrons. The van der Waals surface area contributed by atoms with Gasteiger partial charge in [-0.15, -0.1) is 0 Å². The fourth-order valence-electron chi connectivity index (χ4n) is 2.67. The second kappa shape index (κ2) is 7.53. The summed E-state index contributed by atoms with van der Waals surface area (Å²) >= 11 is 0. The minimum atomic E-state index is -3.62. The van der Waals surface area contributed by atoms with Gasteiger partial charge in [-0.3, -0.25) is 4.79 Å². The molecule has 0 aliphatic carbocycles. The maximum absolute atomic E-state index is 12.9. The largest absolute Gasteiger partial charge is 0.376 e. The number of sulfonamides is 1. The molecule has 1 fully saturated rings. The number of amides is 1. The van der Waals surface area contributed by atoms with Crippen LogP contribution in [0.3, 0.4) is 0 Å². The number of ether oxygens (including phenoxy) is 1. The number of halogens is 1. The van der Waals surface area contributed by atoms with Crippen LogP contribution in [0.15, 0.2) is 53.4 Å². The van der Waals surface area contributed by atoms with Crippen molar-refractivity contribution in [1.29, 1.82) is 0 Å². The van der Waals surface area contributed by atoms with Crippen LogP contribution in [0.25, 0.3) is 0 Å². The predicted molar refractivity (Wildman–Crippen MR) is 95.0 cm³/mol. The number of hydrogen-bond acceptors (Lipinski definition) is 4. The Morgan fingerprint density at radius 2 is 1.81 bits per heavy atom. The summed E-state index contributed by atoms with van der Waals surface area (Å²) in [6.07, 6.45) is -0.153. The van der Waals surface area contributed by atoms with Gasteiger partial charge in [-0.1, -0.05) is 0 Å². The zero-order valence-corrected chi connectivity index (χ0v) is 15.0. The van der Waals surface area contributed by atoms with Crippen molar-refractivity contribution < 1.29 is 22.3 Å². The van der Waals surface area contributed by atoms with Gasteiger partial charge in [-0.25, -0.2) is 12.8 Å². The molecule has 6 nitrogen and oxygen atoms in total. The molecule has 1 atom stereocenters. The number of nitrogens with zero attached hydrogens (tertiary/aromatic N) is 1. The van der Waals surface area contributed by atoms with Gasteiger partial charge in [0.1, 0.15) is 5.82 Å². The van der Waals surface area contributed by atoms with E-state index in [0.717, 1.165) is 0 Å². The Bertz CT molecular complexity index is 882. The van der Waals surface area contributed by atoms with Crippen LogP contribution in [0, 0.1) is 5.82 Å². The molecule has 1 saturated heterocycles. The maximum atomic E-state index is 12.9. The summed E-state index contributed by atoms with van der Waals surface area (Å²) in [7, 11) is -3.62. The fraction of sp³-hybridized carbons (Fsp3) is 0.278.